The van der Waals surface area contributed by atoms with Gasteiger partial charge >= 0.3 is 0 Å². The first kappa shape index (κ1) is 16.3. The van der Waals surface area contributed by atoms with E-state index in [1.165, 1.54) is 12.1 Å². The summed E-state index contributed by atoms with van der Waals surface area (Å²) in [7, 11) is 0. The zero-order chi connectivity index (χ0) is 14.5. The van der Waals surface area contributed by atoms with Gasteiger partial charge < -0.3 is 9.29 Å². The molecule has 106 valence electrons. The van der Waals surface area contributed by atoms with Gasteiger partial charge in [0.2, 0.25) is 0 Å². The molecule has 1 atom stereocenters. The Hall–Kier alpha value is -0.780. The molecule has 19 heavy (non-hydrogen) atoms. The molecule has 1 rings (SSSR count). The second-order valence-electron chi connectivity index (χ2n) is 4.86. The lowest BCUT2D eigenvalue weighted by Gasteiger charge is -2.17. The second-order valence-corrected chi connectivity index (χ2v) is 7.20. The topological polar surface area (TPSA) is 44.7 Å². The van der Waals surface area contributed by atoms with Crippen molar-refractivity contribution in [1.82, 2.24) is 0 Å². The third kappa shape index (κ3) is 5.80. The molecule has 0 unspecified atom stereocenters. The van der Waals surface area contributed by atoms with Gasteiger partial charge in [0.05, 0.1) is 17.8 Å². The Morgan fingerprint density at radius 3 is 2.74 bits per heavy atom. The Morgan fingerprint density at radius 2 is 2.16 bits per heavy atom. The molecule has 0 aliphatic carbocycles. The molecule has 0 aliphatic heterocycles. The third-order valence-corrected chi connectivity index (χ3v) is 3.80. The average molecular weight is 306 g/mol. The summed E-state index contributed by atoms with van der Waals surface area (Å²) in [5, 5.41) is 0.0643. The molecule has 0 aromatic heterocycles. The first-order valence-corrected chi connectivity index (χ1v) is 7.31. The number of hydrogen-bond acceptors (Lipinski definition) is 3. The summed E-state index contributed by atoms with van der Waals surface area (Å²) >= 11 is 4.30. The number of ether oxygens (including phenoxy) is 1. The zero-order valence-corrected chi connectivity index (χ0v) is 12.7. The van der Waals surface area contributed by atoms with Crippen molar-refractivity contribution < 1.29 is 13.7 Å². The first-order chi connectivity index (χ1) is 8.80. The van der Waals surface area contributed by atoms with Crippen LogP contribution in [0.5, 0.6) is 5.75 Å². The Kier molecular flexibility index (Phi) is 6.10. The Labute approximate surface area is 121 Å². The van der Waals surface area contributed by atoms with Crippen LogP contribution in [-0.4, -0.2) is 22.1 Å². The van der Waals surface area contributed by atoms with E-state index in [4.69, 9.17) is 16.3 Å². The lowest BCUT2D eigenvalue weighted by molar-refractivity contribution is 0.328. The van der Waals surface area contributed by atoms with Crippen LogP contribution in [0.2, 0.25) is 5.02 Å². The molecule has 3 nitrogen and oxygen atoms in total. The standard InChI is InChI=1S/C13H17ClFNO2S/c1-13(2,3)19(17)16-7-4-8-18-10-5-6-11(14)12(15)9-10/h5-7,9H,4,8H2,1-3H3/t19-/m0/s1. The lowest BCUT2D eigenvalue weighted by atomic mass is 10.3. The molecule has 0 spiro atoms. The predicted molar refractivity (Wildman–Crippen MR) is 77.9 cm³/mol. The van der Waals surface area contributed by atoms with E-state index < -0.39 is 17.2 Å². The predicted octanol–water partition coefficient (Wildman–Crippen LogP) is 3.78. The van der Waals surface area contributed by atoms with Crippen molar-refractivity contribution in [3.05, 3.63) is 29.0 Å². The van der Waals surface area contributed by atoms with Gasteiger partial charge in [0.1, 0.15) is 27.7 Å². The van der Waals surface area contributed by atoms with E-state index in [0.29, 0.717) is 18.8 Å². The molecule has 1 aromatic carbocycles. The van der Waals surface area contributed by atoms with Crippen LogP contribution in [0.3, 0.4) is 0 Å². The van der Waals surface area contributed by atoms with Gasteiger partial charge in [-0.1, -0.05) is 16.0 Å². The van der Waals surface area contributed by atoms with Crippen LogP contribution in [0.25, 0.3) is 0 Å². The van der Waals surface area contributed by atoms with Crippen LogP contribution in [0.15, 0.2) is 22.6 Å². The molecule has 0 amide bonds. The van der Waals surface area contributed by atoms with E-state index in [2.05, 4.69) is 4.40 Å². The minimum atomic E-state index is -1.26. The van der Waals surface area contributed by atoms with Crippen molar-refractivity contribution in [3.63, 3.8) is 0 Å². The Morgan fingerprint density at radius 1 is 1.47 bits per heavy atom. The van der Waals surface area contributed by atoms with E-state index in [9.17, 15) is 8.94 Å². The maximum Gasteiger partial charge on any atom is 0.145 e. The summed E-state index contributed by atoms with van der Waals surface area (Å²) in [5.74, 6) is -0.103. The molecule has 0 heterocycles. The van der Waals surface area contributed by atoms with Crippen LogP contribution in [-0.2, 0) is 11.4 Å². The van der Waals surface area contributed by atoms with Gasteiger partial charge in [0.15, 0.2) is 0 Å². The maximum atomic E-state index is 13.1. The summed E-state index contributed by atoms with van der Waals surface area (Å²) in [6, 6.07) is 4.26. The molecular formula is C13H17ClFNO2S. The van der Waals surface area contributed by atoms with Gasteiger partial charge in [-0.2, -0.15) is 0 Å². The van der Waals surface area contributed by atoms with E-state index in [-0.39, 0.29) is 9.77 Å². The van der Waals surface area contributed by atoms with Gasteiger partial charge in [-0.15, -0.1) is 0 Å². The smallest absolute Gasteiger partial charge is 0.145 e. The van der Waals surface area contributed by atoms with Crippen molar-refractivity contribution in [2.45, 2.75) is 31.9 Å². The zero-order valence-electron chi connectivity index (χ0n) is 11.2. The van der Waals surface area contributed by atoms with Crippen LogP contribution >= 0.6 is 11.6 Å². The maximum absolute atomic E-state index is 13.1. The lowest BCUT2D eigenvalue weighted by Crippen LogP contribution is -2.25. The minimum Gasteiger partial charge on any atom is -0.591 e. The molecule has 0 saturated carbocycles. The number of hydrogen-bond donors (Lipinski definition) is 0. The van der Waals surface area contributed by atoms with E-state index in [1.54, 1.807) is 12.3 Å². The van der Waals surface area contributed by atoms with Crippen LogP contribution in [0.1, 0.15) is 27.2 Å². The van der Waals surface area contributed by atoms with Crippen LogP contribution in [0.4, 0.5) is 4.39 Å². The molecule has 1 aromatic rings. The average Bonchev–Trinajstić information content (AvgIpc) is 2.31. The monoisotopic (exact) mass is 305 g/mol. The van der Waals surface area contributed by atoms with Gasteiger partial charge in [0, 0.05) is 12.5 Å². The fourth-order valence-electron chi connectivity index (χ4n) is 1.07. The Balaban J connectivity index is 2.35. The van der Waals surface area contributed by atoms with Crippen molar-refractivity contribution in [3.8, 4) is 5.75 Å². The van der Waals surface area contributed by atoms with E-state index in [1.807, 2.05) is 20.8 Å². The molecular weight excluding hydrogens is 289 g/mol. The summed E-state index contributed by atoms with van der Waals surface area (Å²) in [5.41, 5.74) is 0. The molecule has 0 N–H and O–H groups in total. The van der Waals surface area contributed by atoms with Gasteiger partial charge in [-0.05, 0) is 32.9 Å². The number of halogens is 2. The second kappa shape index (κ2) is 7.12. The Bertz CT molecular complexity index is 449. The minimum absolute atomic E-state index is 0.0643. The van der Waals surface area contributed by atoms with Crippen molar-refractivity contribution in [2.75, 3.05) is 6.61 Å². The first-order valence-electron chi connectivity index (χ1n) is 5.83. The largest absolute Gasteiger partial charge is 0.591 e. The molecule has 0 fully saturated rings. The normalized spacial score (nSPS) is 13.8. The van der Waals surface area contributed by atoms with Gasteiger partial charge in [0.25, 0.3) is 0 Å². The molecule has 0 saturated heterocycles. The highest BCUT2D eigenvalue weighted by atomic mass is 35.5. The van der Waals surface area contributed by atoms with Gasteiger partial charge in [-0.3, -0.25) is 0 Å². The molecule has 0 bridgehead atoms. The van der Waals surface area contributed by atoms with Crippen molar-refractivity contribution in [1.29, 1.82) is 0 Å². The van der Waals surface area contributed by atoms with Crippen molar-refractivity contribution in [2.24, 2.45) is 4.40 Å². The highest BCUT2D eigenvalue weighted by Gasteiger charge is 2.25. The van der Waals surface area contributed by atoms with Crippen LogP contribution in [0, 0.1) is 5.82 Å². The summed E-state index contributed by atoms with van der Waals surface area (Å²) in [6.07, 6.45) is 2.07. The summed E-state index contributed by atoms with van der Waals surface area (Å²) < 4.78 is 33.6. The fourth-order valence-corrected chi connectivity index (χ4v) is 1.75. The summed E-state index contributed by atoms with van der Waals surface area (Å²) in [6.45, 7) is 5.90. The highest BCUT2D eigenvalue weighted by molar-refractivity contribution is 7.91. The quantitative estimate of drug-likeness (QED) is 0.472. The fraction of sp³-hybridized carbons (Fsp3) is 0.462. The molecule has 0 aliphatic rings. The number of nitrogens with zero attached hydrogens (tertiary/aromatic N) is 1. The van der Waals surface area contributed by atoms with E-state index in [0.717, 1.165) is 0 Å². The molecule has 6 heteroatoms. The third-order valence-electron chi connectivity index (χ3n) is 2.10. The van der Waals surface area contributed by atoms with Crippen LogP contribution < -0.4 is 4.74 Å². The number of benzene rings is 1. The molecule has 0 radical (unpaired) electrons. The highest BCUT2D eigenvalue weighted by Crippen LogP contribution is 2.20. The number of rotatable bonds is 5. The van der Waals surface area contributed by atoms with E-state index >= 15 is 0 Å². The van der Waals surface area contributed by atoms with Crippen molar-refractivity contribution >= 4 is 29.2 Å². The van der Waals surface area contributed by atoms with Gasteiger partial charge in [-0.25, -0.2) is 4.39 Å². The summed E-state index contributed by atoms with van der Waals surface area (Å²) in [4.78, 5) is 0. The SMILES string of the molecule is CC(C)(C)[S@+]([O-])N=CCCOc1ccc(Cl)c(F)c1.